The molecule has 2 rings (SSSR count). The Morgan fingerprint density at radius 2 is 1.84 bits per heavy atom. The molecule has 2 aromatic carbocycles. The minimum absolute atomic E-state index is 0.216. The van der Waals surface area contributed by atoms with Crippen molar-refractivity contribution >= 4 is 23.3 Å². The summed E-state index contributed by atoms with van der Waals surface area (Å²) in [4.78, 5) is 14.7. The van der Waals surface area contributed by atoms with Gasteiger partial charge in [-0.2, -0.15) is 4.99 Å². The fourth-order valence-corrected chi connectivity index (χ4v) is 2.68. The number of aliphatic imine (C=N–C) groups is 1. The van der Waals surface area contributed by atoms with Gasteiger partial charge in [-0.25, -0.2) is 5.43 Å². The van der Waals surface area contributed by atoms with E-state index in [2.05, 4.69) is 10.4 Å². The molecule has 0 heterocycles. The van der Waals surface area contributed by atoms with Crippen molar-refractivity contribution in [2.45, 2.75) is 13.1 Å². The van der Waals surface area contributed by atoms with E-state index in [0.717, 1.165) is 16.9 Å². The van der Waals surface area contributed by atoms with Crippen molar-refractivity contribution in [3.05, 3.63) is 59.7 Å². The molecule has 0 spiro atoms. The Morgan fingerprint density at radius 3 is 2.40 bits per heavy atom. The van der Waals surface area contributed by atoms with Gasteiger partial charge in [0.1, 0.15) is 11.5 Å². The summed E-state index contributed by atoms with van der Waals surface area (Å²) in [6.07, 6.45) is 2.39. The third-order valence-corrected chi connectivity index (χ3v) is 4.18. The Balaban J connectivity index is 2.11. The fraction of sp³-hybridized carbons (Fsp3) is 0.222. The van der Waals surface area contributed by atoms with Crippen LogP contribution in [-0.4, -0.2) is 35.1 Å². The Labute approximate surface area is 151 Å². The summed E-state index contributed by atoms with van der Waals surface area (Å²) >= 11 is 1.38. The highest BCUT2D eigenvalue weighted by molar-refractivity contribution is 8.13. The van der Waals surface area contributed by atoms with Crippen LogP contribution in [-0.2, 0) is 17.9 Å². The van der Waals surface area contributed by atoms with Gasteiger partial charge in [0.05, 0.1) is 13.7 Å². The van der Waals surface area contributed by atoms with E-state index >= 15 is 0 Å². The number of rotatable bonds is 7. The van der Waals surface area contributed by atoms with Gasteiger partial charge in [0.15, 0.2) is 5.17 Å². The number of aromatic hydroxyl groups is 1. The lowest BCUT2D eigenvalue weighted by Gasteiger charge is -2.25. The number of carbonyl (C=O) groups is 1. The third kappa shape index (κ3) is 5.81. The first-order chi connectivity index (χ1) is 12.2. The Morgan fingerprint density at radius 1 is 1.20 bits per heavy atom. The van der Waals surface area contributed by atoms with E-state index in [4.69, 9.17) is 4.74 Å². The molecule has 132 valence electrons. The van der Waals surface area contributed by atoms with Gasteiger partial charge in [0, 0.05) is 6.54 Å². The van der Waals surface area contributed by atoms with E-state index in [-0.39, 0.29) is 5.75 Å². The minimum atomic E-state index is 0.216. The molecule has 0 aliphatic carbocycles. The molecule has 0 atom stereocenters. The number of methoxy groups -OCH3 is 1. The molecule has 7 heteroatoms. The molecular weight excluding hydrogens is 338 g/mol. The maximum atomic E-state index is 10.8. The molecule has 2 N–H and O–H groups in total. The number of hydrogen-bond acceptors (Lipinski definition) is 5. The van der Waals surface area contributed by atoms with Gasteiger partial charge >= 0.3 is 0 Å². The molecule has 1 amide bonds. The Hall–Kier alpha value is -2.51. The zero-order valence-electron chi connectivity index (χ0n) is 14.2. The van der Waals surface area contributed by atoms with Gasteiger partial charge in [0.25, 0.3) is 0 Å². The number of ether oxygens (including phenoxy) is 1. The van der Waals surface area contributed by atoms with Crippen molar-refractivity contribution in [2.75, 3.05) is 13.4 Å². The molecule has 0 aliphatic rings. The van der Waals surface area contributed by atoms with Gasteiger partial charge in [-0.15, -0.1) is 0 Å². The molecule has 2 aromatic rings. The number of thioether (sulfide) groups is 1. The number of phenolic OH excluding ortho intramolecular Hbond substituents is 1. The van der Waals surface area contributed by atoms with Gasteiger partial charge in [-0.1, -0.05) is 36.0 Å². The largest absolute Gasteiger partial charge is 0.508 e. The highest BCUT2D eigenvalue weighted by Crippen LogP contribution is 2.15. The summed E-state index contributed by atoms with van der Waals surface area (Å²) in [5, 5.41) is 11.8. The molecule has 0 bridgehead atoms. The topological polar surface area (TPSA) is 74.2 Å². The first-order valence-corrected chi connectivity index (χ1v) is 8.86. The zero-order chi connectivity index (χ0) is 18.1. The monoisotopic (exact) mass is 359 g/mol. The van der Waals surface area contributed by atoms with Crippen molar-refractivity contribution in [3.8, 4) is 11.5 Å². The molecule has 0 fully saturated rings. The number of carbonyl (C=O) groups excluding carboxylic acids is 1. The fourth-order valence-electron chi connectivity index (χ4n) is 2.18. The van der Waals surface area contributed by atoms with Crippen LogP contribution in [0.2, 0.25) is 0 Å². The Kier molecular flexibility index (Phi) is 7.31. The van der Waals surface area contributed by atoms with E-state index in [0.29, 0.717) is 24.7 Å². The average Bonchev–Trinajstić information content (AvgIpc) is 2.65. The number of nitrogens with zero attached hydrogens (tertiary/aromatic N) is 2. The number of hydrazine groups is 1. The van der Waals surface area contributed by atoms with Crippen LogP contribution < -0.4 is 10.2 Å². The van der Waals surface area contributed by atoms with Crippen molar-refractivity contribution in [1.82, 2.24) is 10.4 Å². The maximum Gasteiger partial charge on any atom is 0.235 e. The molecule has 0 saturated heterocycles. The smallest absolute Gasteiger partial charge is 0.235 e. The van der Waals surface area contributed by atoms with Crippen LogP contribution in [0.1, 0.15) is 11.1 Å². The van der Waals surface area contributed by atoms with Gasteiger partial charge in [0.2, 0.25) is 6.41 Å². The van der Waals surface area contributed by atoms with E-state index in [1.807, 2.05) is 47.7 Å². The van der Waals surface area contributed by atoms with Crippen molar-refractivity contribution in [2.24, 2.45) is 4.99 Å². The lowest BCUT2D eigenvalue weighted by atomic mass is 10.2. The predicted octanol–water partition coefficient (Wildman–Crippen LogP) is 2.78. The third-order valence-electron chi connectivity index (χ3n) is 3.49. The quantitative estimate of drug-likeness (QED) is 0.343. The van der Waals surface area contributed by atoms with Crippen LogP contribution in [0, 0.1) is 0 Å². The molecule has 0 radical (unpaired) electrons. The minimum Gasteiger partial charge on any atom is -0.508 e. The number of benzene rings is 2. The number of amides is 1. The number of amidine groups is 1. The summed E-state index contributed by atoms with van der Waals surface area (Å²) in [5.74, 6) is 1.02. The number of nitrogens with one attached hydrogen (secondary N) is 1. The second-order valence-corrected chi connectivity index (χ2v) is 5.93. The molecule has 0 unspecified atom stereocenters. The van der Waals surface area contributed by atoms with E-state index in [9.17, 15) is 9.90 Å². The van der Waals surface area contributed by atoms with Crippen molar-refractivity contribution in [3.63, 3.8) is 0 Å². The summed E-state index contributed by atoms with van der Waals surface area (Å²) < 4.78 is 5.16. The van der Waals surface area contributed by atoms with Crippen molar-refractivity contribution < 1.29 is 14.6 Å². The van der Waals surface area contributed by atoms with E-state index in [1.165, 1.54) is 11.8 Å². The second-order valence-electron chi connectivity index (χ2n) is 5.16. The van der Waals surface area contributed by atoms with Gasteiger partial charge in [-0.3, -0.25) is 9.80 Å². The molecule has 25 heavy (non-hydrogen) atoms. The predicted molar refractivity (Wildman–Crippen MR) is 100 cm³/mol. The average molecular weight is 359 g/mol. The van der Waals surface area contributed by atoms with Crippen molar-refractivity contribution in [1.29, 1.82) is 0 Å². The van der Waals surface area contributed by atoms with Crippen LogP contribution in [0.3, 0.4) is 0 Å². The zero-order valence-corrected chi connectivity index (χ0v) is 15.0. The second kappa shape index (κ2) is 9.71. The van der Waals surface area contributed by atoms with Crippen LogP contribution in [0.15, 0.2) is 53.5 Å². The normalized spacial score (nSPS) is 11.2. The highest BCUT2D eigenvalue weighted by atomic mass is 32.2. The maximum absolute atomic E-state index is 10.8. The highest BCUT2D eigenvalue weighted by Gasteiger charge is 2.11. The number of phenols is 1. The molecule has 0 saturated carbocycles. The van der Waals surface area contributed by atoms with E-state index in [1.54, 1.807) is 19.2 Å². The summed E-state index contributed by atoms with van der Waals surface area (Å²) in [6, 6.07) is 14.7. The van der Waals surface area contributed by atoms with Gasteiger partial charge < -0.3 is 9.84 Å². The molecule has 0 aromatic heterocycles. The summed E-state index contributed by atoms with van der Waals surface area (Å²) in [7, 11) is 1.63. The lowest BCUT2D eigenvalue weighted by Crippen LogP contribution is -2.40. The lowest BCUT2D eigenvalue weighted by molar-refractivity contribution is -0.106. The number of hydrogen-bond donors (Lipinski definition) is 2. The molecular formula is C18H21N3O3S. The van der Waals surface area contributed by atoms with Gasteiger partial charge in [-0.05, 0) is 41.6 Å². The molecule has 0 aliphatic heterocycles. The Bertz CT molecular complexity index is 703. The standard InChI is InChI=1S/C18H21N3O3S/c1-24-17-9-5-14(6-10-17)11-20-21(18(25-2)19-13-22)12-15-3-7-16(23)8-4-15/h3-10,13,20,23H,11-12H2,1-2H3. The first-order valence-electron chi connectivity index (χ1n) is 7.63. The summed E-state index contributed by atoms with van der Waals surface area (Å²) in [5.41, 5.74) is 5.34. The summed E-state index contributed by atoms with van der Waals surface area (Å²) in [6.45, 7) is 1.07. The van der Waals surface area contributed by atoms with Crippen LogP contribution >= 0.6 is 11.8 Å². The van der Waals surface area contributed by atoms with Crippen LogP contribution in [0.25, 0.3) is 0 Å². The SMILES string of the molecule is COc1ccc(CNN(Cc2ccc(O)cc2)C(=NC=O)SC)cc1. The van der Waals surface area contributed by atoms with E-state index < -0.39 is 0 Å². The van der Waals surface area contributed by atoms with Crippen LogP contribution in [0.4, 0.5) is 0 Å². The van der Waals surface area contributed by atoms with Crippen LogP contribution in [0.5, 0.6) is 11.5 Å². The molecule has 6 nitrogen and oxygen atoms in total. The first kappa shape index (κ1) is 18.8.